The minimum absolute atomic E-state index is 0.0230. The Labute approximate surface area is 183 Å². The minimum Gasteiger partial charge on any atom is -0.478 e. The Kier molecular flexibility index (Phi) is 14.0. The van der Waals surface area contributed by atoms with Gasteiger partial charge in [-0.25, -0.2) is 14.4 Å². The summed E-state index contributed by atoms with van der Waals surface area (Å²) in [5.41, 5.74) is 1.96. The van der Waals surface area contributed by atoms with Crippen molar-refractivity contribution in [3.05, 3.63) is 71.8 Å². The summed E-state index contributed by atoms with van der Waals surface area (Å²) >= 11 is 0. The Morgan fingerprint density at radius 2 is 1.61 bits per heavy atom. The number of rotatable bonds is 6. The fourth-order valence-electron chi connectivity index (χ4n) is 2.09. The summed E-state index contributed by atoms with van der Waals surface area (Å²) in [6.45, 7) is 12.4. The predicted octanol–water partition coefficient (Wildman–Crippen LogP) is 4.54. The van der Waals surface area contributed by atoms with Crippen LogP contribution in [-0.4, -0.2) is 40.8 Å². The van der Waals surface area contributed by atoms with Gasteiger partial charge < -0.3 is 19.7 Å². The Bertz CT molecular complexity index is 760. The number of carboxylic acids is 2. The molecular formula is C24H32O7. The van der Waals surface area contributed by atoms with Crippen LogP contribution in [0.25, 0.3) is 0 Å². The van der Waals surface area contributed by atoms with E-state index in [9.17, 15) is 14.4 Å². The lowest BCUT2D eigenvalue weighted by molar-refractivity contribution is -0.140. The second-order valence-electron chi connectivity index (χ2n) is 6.99. The van der Waals surface area contributed by atoms with E-state index < -0.39 is 11.9 Å². The molecule has 1 atom stereocenters. The summed E-state index contributed by atoms with van der Waals surface area (Å²) in [7, 11) is 0. The number of ether oxygens (including phenoxy) is 2. The highest BCUT2D eigenvalue weighted by molar-refractivity contribution is 5.87. The number of carboxylic acid groups (broad SMARTS) is 2. The van der Waals surface area contributed by atoms with Gasteiger partial charge in [-0.1, -0.05) is 43.5 Å². The molecule has 1 saturated heterocycles. The van der Waals surface area contributed by atoms with Gasteiger partial charge in [0.15, 0.2) is 0 Å². The van der Waals surface area contributed by atoms with E-state index in [0.717, 1.165) is 31.4 Å². The number of esters is 1. The molecule has 2 N–H and O–H groups in total. The molecule has 7 nitrogen and oxygen atoms in total. The average Bonchev–Trinajstić information content (AvgIpc) is 2.74. The van der Waals surface area contributed by atoms with E-state index >= 15 is 0 Å². The lowest BCUT2D eigenvalue weighted by Gasteiger charge is -2.19. The molecule has 170 valence electrons. The van der Waals surface area contributed by atoms with Crippen molar-refractivity contribution in [1.82, 2.24) is 0 Å². The second-order valence-corrected chi connectivity index (χ2v) is 6.99. The molecule has 7 heteroatoms. The van der Waals surface area contributed by atoms with Gasteiger partial charge in [-0.2, -0.15) is 0 Å². The third-order valence-corrected chi connectivity index (χ3v) is 3.91. The monoisotopic (exact) mass is 432 g/mol. The van der Waals surface area contributed by atoms with Gasteiger partial charge in [0.1, 0.15) is 6.61 Å². The molecule has 0 bridgehead atoms. The highest BCUT2D eigenvalue weighted by Gasteiger charge is 2.12. The number of benzene rings is 1. The Hall–Kier alpha value is -3.19. The molecule has 0 spiro atoms. The maximum atomic E-state index is 11.0. The molecule has 1 aliphatic rings. The van der Waals surface area contributed by atoms with Crippen molar-refractivity contribution in [2.75, 3.05) is 6.61 Å². The van der Waals surface area contributed by atoms with Crippen LogP contribution in [-0.2, 0) is 30.5 Å². The number of aliphatic carboxylic acids is 2. The van der Waals surface area contributed by atoms with Crippen molar-refractivity contribution in [3.63, 3.8) is 0 Å². The van der Waals surface area contributed by atoms with E-state index in [1.54, 1.807) is 19.9 Å². The summed E-state index contributed by atoms with van der Waals surface area (Å²) in [4.78, 5) is 31.0. The maximum absolute atomic E-state index is 11.0. The number of carbonyl (C=O) groups is 3. The molecule has 0 radical (unpaired) electrons. The first kappa shape index (κ1) is 27.8. The van der Waals surface area contributed by atoms with E-state index in [1.165, 1.54) is 6.92 Å². The molecule has 1 aliphatic heterocycles. The zero-order valence-corrected chi connectivity index (χ0v) is 18.4. The van der Waals surface area contributed by atoms with Crippen LogP contribution in [0.2, 0.25) is 0 Å². The van der Waals surface area contributed by atoms with Crippen molar-refractivity contribution in [3.8, 4) is 0 Å². The van der Waals surface area contributed by atoms with Crippen molar-refractivity contribution in [2.45, 2.75) is 52.7 Å². The van der Waals surface area contributed by atoms with Crippen LogP contribution in [0.1, 0.15) is 45.6 Å². The molecular weight excluding hydrogens is 400 g/mol. The lowest BCUT2D eigenvalue weighted by atomic mass is 10.1. The molecule has 31 heavy (non-hydrogen) atoms. The standard InChI is InChI=1S/C11H12O2.C9H14O3.C4H6O2/c1-9(2)11(12)13-8-10-6-4-3-5-7-10;1-7(9(10)11)6-8-4-2-3-5-12-8;1-3(2)4(5)6/h3-7H,1,8H2,2H3;6,8H,2-5H2,1H3,(H,10,11);1H2,2H3,(H,5,6). The quantitative estimate of drug-likeness (QED) is 0.501. The van der Waals surface area contributed by atoms with Gasteiger partial charge in [0.25, 0.3) is 0 Å². The summed E-state index contributed by atoms with van der Waals surface area (Å²) < 4.78 is 10.3. The van der Waals surface area contributed by atoms with E-state index in [-0.39, 0.29) is 17.6 Å². The largest absolute Gasteiger partial charge is 0.478 e. The maximum Gasteiger partial charge on any atom is 0.333 e. The summed E-state index contributed by atoms with van der Waals surface area (Å²) in [5.74, 6) is -2.14. The zero-order chi connectivity index (χ0) is 23.8. The van der Waals surface area contributed by atoms with Crippen molar-refractivity contribution in [1.29, 1.82) is 0 Å². The van der Waals surface area contributed by atoms with Crippen LogP contribution in [0.3, 0.4) is 0 Å². The van der Waals surface area contributed by atoms with Crippen molar-refractivity contribution < 1.29 is 34.1 Å². The van der Waals surface area contributed by atoms with Crippen LogP contribution in [0.15, 0.2) is 66.3 Å². The molecule has 1 aromatic carbocycles. The smallest absolute Gasteiger partial charge is 0.333 e. The second kappa shape index (κ2) is 15.6. The lowest BCUT2D eigenvalue weighted by Crippen LogP contribution is -2.17. The number of hydrogen-bond acceptors (Lipinski definition) is 5. The number of carbonyl (C=O) groups excluding carboxylic acids is 1. The normalized spacial score (nSPS) is 15.2. The fraction of sp³-hybridized carbons (Fsp3) is 0.375. The van der Waals surface area contributed by atoms with Gasteiger partial charge in [-0.3, -0.25) is 0 Å². The Morgan fingerprint density at radius 1 is 1.03 bits per heavy atom. The minimum atomic E-state index is -0.935. The molecule has 0 saturated carbocycles. The molecule has 1 unspecified atom stereocenters. The SMILES string of the molecule is C=C(C)C(=O)O.C=C(C)C(=O)OCc1ccccc1.CC(=CC1CCCCO1)C(=O)O. The van der Waals surface area contributed by atoms with Crippen LogP contribution in [0, 0.1) is 0 Å². The van der Waals surface area contributed by atoms with Gasteiger partial charge in [0, 0.05) is 23.3 Å². The topological polar surface area (TPSA) is 110 Å². The van der Waals surface area contributed by atoms with Crippen molar-refractivity contribution in [2.24, 2.45) is 0 Å². The molecule has 1 aromatic rings. The van der Waals surface area contributed by atoms with E-state index in [2.05, 4.69) is 13.2 Å². The first-order valence-corrected chi connectivity index (χ1v) is 9.83. The molecule has 0 amide bonds. The summed E-state index contributed by atoms with van der Waals surface area (Å²) in [5, 5.41) is 16.5. The van der Waals surface area contributed by atoms with Crippen molar-refractivity contribution >= 4 is 17.9 Å². The van der Waals surface area contributed by atoms with Crippen LogP contribution < -0.4 is 0 Å². The first-order valence-electron chi connectivity index (χ1n) is 9.83. The number of hydrogen-bond donors (Lipinski definition) is 2. The molecule has 1 heterocycles. The van der Waals surface area contributed by atoms with Crippen LogP contribution in [0.4, 0.5) is 0 Å². The third kappa shape index (κ3) is 14.4. The molecule has 0 aliphatic carbocycles. The van der Waals surface area contributed by atoms with Gasteiger partial charge in [-0.05, 0) is 51.7 Å². The molecule has 0 aromatic heterocycles. The van der Waals surface area contributed by atoms with Crippen LogP contribution in [0.5, 0.6) is 0 Å². The van der Waals surface area contributed by atoms with Crippen LogP contribution >= 0.6 is 0 Å². The van der Waals surface area contributed by atoms with E-state index in [0.29, 0.717) is 17.8 Å². The molecule has 1 fully saturated rings. The van der Waals surface area contributed by atoms with Gasteiger partial charge in [-0.15, -0.1) is 0 Å². The zero-order valence-electron chi connectivity index (χ0n) is 18.4. The van der Waals surface area contributed by atoms with Gasteiger partial charge in [0.2, 0.25) is 0 Å². The Morgan fingerprint density at radius 3 is 2.03 bits per heavy atom. The van der Waals surface area contributed by atoms with Gasteiger partial charge >= 0.3 is 17.9 Å². The van der Waals surface area contributed by atoms with Gasteiger partial charge in [0.05, 0.1) is 6.10 Å². The highest BCUT2D eigenvalue weighted by atomic mass is 16.5. The fourth-order valence-corrected chi connectivity index (χ4v) is 2.09. The predicted molar refractivity (Wildman–Crippen MR) is 118 cm³/mol. The first-order chi connectivity index (χ1) is 14.5. The third-order valence-electron chi connectivity index (χ3n) is 3.91. The summed E-state index contributed by atoms with van der Waals surface area (Å²) in [6, 6.07) is 9.55. The Balaban J connectivity index is 0.000000466. The van der Waals surface area contributed by atoms with E-state index in [1.807, 2.05) is 30.3 Å². The summed E-state index contributed by atoms with van der Waals surface area (Å²) in [6.07, 6.45) is 4.89. The average molecular weight is 433 g/mol. The highest BCUT2D eigenvalue weighted by Crippen LogP contribution is 2.15. The van der Waals surface area contributed by atoms with E-state index in [4.69, 9.17) is 19.7 Å². The molecule has 2 rings (SSSR count).